The molecule has 0 aromatic heterocycles. The molecule has 4 rings (SSSR count). The Kier molecular flexibility index (Phi) is 6.41. The lowest BCUT2D eigenvalue weighted by molar-refractivity contribution is -0.467. The molecule has 2 nitrogen and oxygen atoms in total. The van der Waals surface area contributed by atoms with E-state index in [9.17, 15) is 70.7 Å². The largest absolute Gasteiger partial charge is 0.473 e. The number of carbonyl (C=O) groups is 1. The van der Waals surface area contributed by atoms with Crippen molar-refractivity contribution >= 4 is 38.3 Å². The summed E-state index contributed by atoms with van der Waals surface area (Å²) in [6.45, 7) is 0. The van der Waals surface area contributed by atoms with Crippen molar-refractivity contribution in [3.8, 4) is 0 Å². The molecule has 4 aromatic carbocycles. The molecule has 0 saturated heterocycles. The van der Waals surface area contributed by atoms with Crippen LogP contribution < -0.4 is 0 Å². The molecule has 0 heterocycles. The SMILES string of the molecule is O=C(OC(F)(F)C(F)(F)C(F)(F)C(F)(F)C(F)(F)C(F)(F)C(F)(F)F)c1ccc2ccc3cccc4ccc1c2c34. The summed E-state index contributed by atoms with van der Waals surface area (Å²) >= 11 is 0. The summed E-state index contributed by atoms with van der Waals surface area (Å²) in [6, 6.07) is 12.1. The summed E-state index contributed by atoms with van der Waals surface area (Å²) in [6.07, 6.45) is -14.9. The third-order valence-electron chi connectivity index (χ3n) is 6.27. The van der Waals surface area contributed by atoms with Gasteiger partial charge in [-0.2, -0.15) is 65.9 Å². The van der Waals surface area contributed by atoms with Crippen molar-refractivity contribution in [1.82, 2.24) is 0 Å². The Morgan fingerprint density at radius 3 is 1.41 bits per heavy atom. The molecule has 41 heavy (non-hydrogen) atoms. The first-order chi connectivity index (χ1) is 18.4. The average molecular weight is 614 g/mol. The molecule has 0 bridgehead atoms. The van der Waals surface area contributed by atoms with Crippen molar-refractivity contribution in [1.29, 1.82) is 0 Å². The minimum absolute atomic E-state index is 0.149. The van der Waals surface area contributed by atoms with Crippen LogP contribution in [0.1, 0.15) is 10.4 Å². The maximum absolute atomic E-state index is 14.2. The molecule has 0 aliphatic carbocycles. The van der Waals surface area contributed by atoms with Crippen LogP contribution in [0.15, 0.2) is 54.6 Å². The van der Waals surface area contributed by atoms with E-state index in [1.807, 2.05) is 0 Å². The molecule has 0 aliphatic heterocycles. The molecule has 0 radical (unpaired) electrons. The average Bonchev–Trinajstić information content (AvgIpc) is 2.85. The second kappa shape index (κ2) is 8.67. The quantitative estimate of drug-likeness (QED) is 0.118. The molecule has 0 spiro atoms. The third kappa shape index (κ3) is 3.94. The van der Waals surface area contributed by atoms with Gasteiger partial charge in [-0.3, -0.25) is 0 Å². The first-order valence-corrected chi connectivity index (χ1v) is 10.7. The molecule has 4 aromatic rings. The maximum atomic E-state index is 14.2. The van der Waals surface area contributed by atoms with Crippen LogP contribution in [-0.2, 0) is 4.74 Å². The minimum atomic E-state index is -8.48. The molecule has 0 atom stereocenters. The highest BCUT2D eigenvalue weighted by Crippen LogP contribution is 2.62. The fraction of sp³-hybridized carbons (Fsp3) is 0.292. The van der Waals surface area contributed by atoms with E-state index in [0.717, 1.165) is 12.1 Å². The van der Waals surface area contributed by atoms with Gasteiger partial charge in [0.2, 0.25) is 0 Å². The van der Waals surface area contributed by atoms with Crippen LogP contribution in [0.2, 0.25) is 0 Å². The Morgan fingerprint density at radius 2 is 0.902 bits per heavy atom. The summed E-state index contributed by atoms with van der Waals surface area (Å²) in [5.74, 6) is -43.9. The lowest BCUT2D eigenvalue weighted by Crippen LogP contribution is -2.72. The van der Waals surface area contributed by atoms with Crippen LogP contribution >= 0.6 is 0 Å². The molecule has 0 amide bonds. The number of rotatable bonds is 7. The Labute approximate surface area is 216 Å². The van der Waals surface area contributed by atoms with Crippen LogP contribution in [0.5, 0.6) is 0 Å². The van der Waals surface area contributed by atoms with Crippen LogP contribution in [0, 0.1) is 0 Å². The van der Waals surface area contributed by atoms with Crippen LogP contribution in [0.3, 0.4) is 0 Å². The number of ether oxygens (including phenoxy) is 1. The summed E-state index contributed by atoms with van der Waals surface area (Å²) in [7, 11) is 0. The molecule has 0 saturated carbocycles. The van der Waals surface area contributed by atoms with Gasteiger partial charge in [-0.05, 0) is 38.4 Å². The van der Waals surface area contributed by atoms with Gasteiger partial charge in [-0.25, -0.2) is 4.79 Å². The van der Waals surface area contributed by atoms with Crippen molar-refractivity contribution in [3.63, 3.8) is 0 Å². The van der Waals surface area contributed by atoms with Gasteiger partial charge in [0.05, 0.1) is 5.56 Å². The Balaban J connectivity index is 1.76. The Hall–Kier alpha value is -3.66. The van der Waals surface area contributed by atoms with E-state index in [1.54, 1.807) is 24.3 Å². The zero-order valence-electron chi connectivity index (χ0n) is 19.2. The maximum Gasteiger partial charge on any atom is 0.473 e. The van der Waals surface area contributed by atoms with Gasteiger partial charge in [0.1, 0.15) is 0 Å². The zero-order chi connectivity index (χ0) is 31.2. The van der Waals surface area contributed by atoms with Gasteiger partial charge >= 0.3 is 47.9 Å². The monoisotopic (exact) mass is 614 g/mol. The summed E-state index contributed by atoms with van der Waals surface area (Å²) in [5, 5.41) is 1.66. The van der Waals surface area contributed by atoms with Crippen molar-refractivity contribution in [2.24, 2.45) is 0 Å². The number of hydrogen-bond acceptors (Lipinski definition) is 2. The fourth-order valence-electron chi connectivity index (χ4n) is 4.10. The Morgan fingerprint density at radius 1 is 0.488 bits per heavy atom. The molecule has 0 N–H and O–H groups in total. The molecule has 0 aliphatic rings. The second-order valence-corrected chi connectivity index (χ2v) is 8.75. The minimum Gasteiger partial charge on any atom is -0.392 e. The topological polar surface area (TPSA) is 26.3 Å². The molecular weight excluding hydrogens is 605 g/mol. The number of carbonyl (C=O) groups excluding carboxylic acids is 1. The zero-order valence-corrected chi connectivity index (χ0v) is 19.2. The highest BCUT2D eigenvalue weighted by atomic mass is 19.4. The van der Waals surface area contributed by atoms with Gasteiger partial charge < -0.3 is 4.74 Å². The van der Waals surface area contributed by atoms with Crippen molar-refractivity contribution in [2.75, 3.05) is 0 Å². The van der Waals surface area contributed by atoms with Crippen molar-refractivity contribution in [3.05, 3.63) is 60.2 Å². The van der Waals surface area contributed by atoms with Crippen LogP contribution in [0.25, 0.3) is 32.3 Å². The van der Waals surface area contributed by atoms with E-state index in [2.05, 4.69) is 4.74 Å². The standard InChI is InChI=1S/C24H9F15O2/c25-18(26,19(27,28)21(31,32)23(35,36)37)20(29,30)22(33,34)24(38,39)41-17(40)14-9-7-12-5-4-10-2-1-3-11-6-8-13(14)16(12)15(10)11/h1-9H. The highest BCUT2D eigenvalue weighted by Gasteiger charge is 2.94. The highest BCUT2D eigenvalue weighted by molar-refractivity contribution is 6.25. The summed E-state index contributed by atoms with van der Waals surface area (Å²) in [5.41, 5.74) is -1.03. The summed E-state index contributed by atoms with van der Waals surface area (Å²) < 4.78 is 204. The smallest absolute Gasteiger partial charge is 0.392 e. The Bertz CT molecular complexity index is 1620. The lowest BCUT2D eigenvalue weighted by atomic mass is 9.92. The second-order valence-electron chi connectivity index (χ2n) is 8.75. The van der Waals surface area contributed by atoms with Gasteiger partial charge in [-0.1, -0.05) is 48.5 Å². The van der Waals surface area contributed by atoms with E-state index in [-0.39, 0.29) is 10.8 Å². The van der Waals surface area contributed by atoms with Gasteiger partial charge in [-0.15, -0.1) is 0 Å². The fourth-order valence-corrected chi connectivity index (χ4v) is 4.10. The van der Waals surface area contributed by atoms with Gasteiger partial charge in [0, 0.05) is 0 Å². The van der Waals surface area contributed by atoms with Crippen molar-refractivity contribution < 1.29 is 75.4 Å². The normalized spacial score (nSPS) is 14.8. The molecule has 0 fully saturated rings. The molecule has 222 valence electrons. The number of hydrogen-bond donors (Lipinski definition) is 0. The predicted molar refractivity (Wildman–Crippen MR) is 111 cm³/mol. The number of benzene rings is 4. The number of alkyl halides is 15. The summed E-state index contributed by atoms with van der Waals surface area (Å²) in [4.78, 5) is 12.4. The third-order valence-corrected chi connectivity index (χ3v) is 6.27. The van der Waals surface area contributed by atoms with Crippen molar-refractivity contribution in [2.45, 2.75) is 41.9 Å². The van der Waals surface area contributed by atoms with E-state index in [4.69, 9.17) is 0 Å². The van der Waals surface area contributed by atoms with E-state index in [0.29, 0.717) is 27.6 Å². The van der Waals surface area contributed by atoms with Crippen LogP contribution in [0.4, 0.5) is 65.9 Å². The molecular formula is C24H9F15O2. The first kappa shape index (κ1) is 30.3. The number of halogens is 15. The van der Waals surface area contributed by atoms with Crippen LogP contribution in [-0.4, -0.2) is 47.9 Å². The predicted octanol–water partition coefficient (Wildman–Crippen LogP) is 9.07. The van der Waals surface area contributed by atoms with E-state index in [1.165, 1.54) is 12.1 Å². The molecule has 17 heteroatoms. The number of esters is 1. The lowest BCUT2D eigenvalue weighted by Gasteiger charge is -2.40. The first-order valence-electron chi connectivity index (χ1n) is 10.7. The molecule has 0 unspecified atom stereocenters. The van der Waals surface area contributed by atoms with E-state index < -0.39 is 53.4 Å². The van der Waals surface area contributed by atoms with Gasteiger partial charge in [0.25, 0.3) is 0 Å². The van der Waals surface area contributed by atoms with E-state index >= 15 is 0 Å². The van der Waals surface area contributed by atoms with Gasteiger partial charge in [0.15, 0.2) is 0 Å².